The third-order valence-electron chi connectivity index (χ3n) is 4.64. The van der Waals surface area contributed by atoms with E-state index >= 15 is 0 Å². The Bertz CT molecular complexity index is 1020. The van der Waals surface area contributed by atoms with E-state index < -0.39 is 5.97 Å². The molecule has 1 amide bonds. The molecule has 2 N–H and O–H groups in total. The fraction of sp³-hybridized carbons (Fsp3) is 0.211. The highest BCUT2D eigenvalue weighted by molar-refractivity contribution is 5.92. The molecule has 0 bridgehead atoms. The molecule has 3 aromatic rings. The van der Waals surface area contributed by atoms with Crippen molar-refractivity contribution >= 4 is 17.5 Å². The Labute approximate surface area is 149 Å². The zero-order chi connectivity index (χ0) is 18.3. The zero-order valence-electron chi connectivity index (χ0n) is 14.1. The van der Waals surface area contributed by atoms with Crippen LogP contribution in [-0.4, -0.2) is 33.5 Å². The molecule has 0 saturated carbocycles. The number of nitrogens with one attached hydrogen (secondary N) is 1. The first kappa shape index (κ1) is 16.1. The van der Waals surface area contributed by atoms with Crippen LogP contribution in [0.5, 0.6) is 5.75 Å². The van der Waals surface area contributed by atoms with Crippen molar-refractivity contribution in [1.29, 1.82) is 0 Å². The first-order valence-electron chi connectivity index (χ1n) is 8.22. The SMILES string of the molecule is COC(=O)c1cc([C@H]2CC(=O)NCc3nc4ccccn4c32)ccc1O. The van der Waals surface area contributed by atoms with Crippen LogP contribution >= 0.6 is 0 Å². The number of aromatic hydroxyl groups is 1. The number of imidazole rings is 1. The van der Waals surface area contributed by atoms with E-state index in [1.165, 1.54) is 13.2 Å². The summed E-state index contributed by atoms with van der Waals surface area (Å²) in [6, 6.07) is 10.5. The fourth-order valence-electron chi connectivity index (χ4n) is 3.42. The highest BCUT2D eigenvalue weighted by Crippen LogP contribution is 2.35. The second kappa shape index (κ2) is 6.18. The van der Waals surface area contributed by atoms with Gasteiger partial charge >= 0.3 is 5.97 Å². The number of esters is 1. The Kier molecular flexibility index (Phi) is 3.84. The standard InChI is InChI=1S/C19H17N3O4/c1-26-19(25)13-8-11(5-6-15(13)23)12-9-17(24)20-10-14-18(12)22-7-3-2-4-16(22)21-14/h2-8,12,23H,9-10H2,1H3,(H,20,24)/t12-/m1/s1. The van der Waals surface area contributed by atoms with Crippen molar-refractivity contribution in [2.45, 2.75) is 18.9 Å². The number of hydrogen-bond donors (Lipinski definition) is 2. The molecule has 0 saturated heterocycles. The number of aromatic nitrogens is 2. The molecule has 0 fully saturated rings. The van der Waals surface area contributed by atoms with Gasteiger partial charge in [0.25, 0.3) is 0 Å². The van der Waals surface area contributed by atoms with Gasteiger partial charge in [-0.2, -0.15) is 0 Å². The summed E-state index contributed by atoms with van der Waals surface area (Å²) in [5.74, 6) is -1.17. The molecular formula is C19H17N3O4. The van der Waals surface area contributed by atoms with Crippen molar-refractivity contribution in [1.82, 2.24) is 14.7 Å². The largest absolute Gasteiger partial charge is 0.507 e. The van der Waals surface area contributed by atoms with E-state index in [1.54, 1.807) is 12.1 Å². The number of methoxy groups -OCH3 is 1. The van der Waals surface area contributed by atoms with Crippen molar-refractivity contribution in [3.63, 3.8) is 0 Å². The highest BCUT2D eigenvalue weighted by Gasteiger charge is 2.29. The summed E-state index contributed by atoms with van der Waals surface area (Å²) in [5.41, 5.74) is 3.31. The second-order valence-electron chi connectivity index (χ2n) is 6.17. The van der Waals surface area contributed by atoms with Gasteiger partial charge in [-0.1, -0.05) is 12.1 Å². The number of ether oxygens (including phenoxy) is 1. The Morgan fingerprint density at radius 3 is 3.00 bits per heavy atom. The summed E-state index contributed by atoms with van der Waals surface area (Å²) in [7, 11) is 1.26. The number of phenolic OH excluding ortho intramolecular Hbond substituents is 1. The smallest absolute Gasteiger partial charge is 0.341 e. The maximum atomic E-state index is 12.2. The molecule has 2 aromatic heterocycles. The number of amides is 1. The first-order chi connectivity index (χ1) is 12.6. The predicted molar refractivity (Wildman–Crippen MR) is 92.9 cm³/mol. The van der Waals surface area contributed by atoms with Crippen LogP contribution in [0.2, 0.25) is 0 Å². The third-order valence-corrected chi connectivity index (χ3v) is 4.64. The number of carbonyl (C=O) groups is 2. The van der Waals surface area contributed by atoms with Gasteiger partial charge in [0.05, 0.1) is 25.0 Å². The van der Waals surface area contributed by atoms with Crippen molar-refractivity contribution in [2.24, 2.45) is 0 Å². The molecule has 3 heterocycles. The number of rotatable bonds is 2. The maximum Gasteiger partial charge on any atom is 0.341 e. The summed E-state index contributed by atoms with van der Waals surface area (Å²) in [4.78, 5) is 28.8. The first-order valence-corrected chi connectivity index (χ1v) is 8.22. The predicted octanol–water partition coefficient (Wildman–Crippen LogP) is 1.98. The molecule has 7 nitrogen and oxygen atoms in total. The van der Waals surface area contributed by atoms with E-state index in [1.807, 2.05) is 28.8 Å². The molecule has 1 aliphatic rings. The fourth-order valence-corrected chi connectivity index (χ4v) is 3.42. The van der Waals surface area contributed by atoms with Gasteiger partial charge in [-0.15, -0.1) is 0 Å². The monoisotopic (exact) mass is 351 g/mol. The molecular weight excluding hydrogens is 334 g/mol. The van der Waals surface area contributed by atoms with Gasteiger partial charge < -0.3 is 19.6 Å². The van der Waals surface area contributed by atoms with Gasteiger partial charge in [-0.3, -0.25) is 4.79 Å². The van der Waals surface area contributed by atoms with Gasteiger partial charge in [0.2, 0.25) is 5.91 Å². The van der Waals surface area contributed by atoms with Crippen molar-refractivity contribution in [3.8, 4) is 5.75 Å². The Morgan fingerprint density at radius 1 is 1.35 bits per heavy atom. The number of phenols is 1. The van der Waals surface area contributed by atoms with Crippen LogP contribution in [0.4, 0.5) is 0 Å². The summed E-state index contributed by atoms with van der Waals surface area (Å²) >= 11 is 0. The molecule has 0 radical (unpaired) electrons. The molecule has 132 valence electrons. The van der Waals surface area contributed by atoms with Gasteiger partial charge in [0, 0.05) is 18.5 Å². The lowest BCUT2D eigenvalue weighted by atomic mass is 9.90. The van der Waals surface area contributed by atoms with E-state index in [4.69, 9.17) is 4.74 Å². The molecule has 1 aliphatic heterocycles. The Morgan fingerprint density at radius 2 is 2.19 bits per heavy atom. The number of carbonyl (C=O) groups excluding carboxylic acids is 2. The van der Waals surface area contributed by atoms with Crippen LogP contribution in [0.15, 0.2) is 42.6 Å². The van der Waals surface area contributed by atoms with Crippen LogP contribution in [0.25, 0.3) is 5.65 Å². The summed E-state index contributed by atoms with van der Waals surface area (Å²) in [5, 5.41) is 12.8. The summed E-state index contributed by atoms with van der Waals surface area (Å²) in [6.45, 7) is 0.355. The van der Waals surface area contributed by atoms with E-state index in [-0.39, 0.29) is 29.6 Å². The molecule has 0 spiro atoms. The minimum Gasteiger partial charge on any atom is -0.507 e. The lowest BCUT2D eigenvalue weighted by molar-refractivity contribution is -0.121. The van der Waals surface area contributed by atoms with E-state index in [2.05, 4.69) is 10.3 Å². The third kappa shape index (κ3) is 2.57. The average molecular weight is 351 g/mol. The Balaban J connectivity index is 1.91. The van der Waals surface area contributed by atoms with Gasteiger partial charge in [0.15, 0.2) is 0 Å². The molecule has 0 aliphatic carbocycles. The minimum absolute atomic E-state index is 0.0741. The van der Waals surface area contributed by atoms with Crippen LogP contribution in [0, 0.1) is 0 Å². The zero-order valence-corrected chi connectivity index (χ0v) is 14.1. The van der Waals surface area contributed by atoms with Crippen LogP contribution in [0.3, 0.4) is 0 Å². The molecule has 1 atom stereocenters. The molecule has 0 unspecified atom stereocenters. The lowest BCUT2D eigenvalue weighted by Gasteiger charge is -2.17. The van der Waals surface area contributed by atoms with Crippen LogP contribution in [0.1, 0.15) is 39.6 Å². The second-order valence-corrected chi connectivity index (χ2v) is 6.17. The molecule has 1 aromatic carbocycles. The van der Waals surface area contributed by atoms with Gasteiger partial charge in [0.1, 0.15) is 17.0 Å². The quantitative estimate of drug-likeness (QED) is 0.689. The topological polar surface area (TPSA) is 92.9 Å². The van der Waals surface area contributed by atoms with Gasteiger partial charge in [-0.25, -0.2) is 9.78 Å². The number of pyridine rings is 1. The van der Waals surface area contributed by atoms with Crippen molar-refractivity contribution in [3.05, 3.63) is 65.1 Å². The number of fused-ring (bicyclic) bond motifs is 3. The summed E-state index contributed by atoms with van der Waals surface area (Å²) in [6.07, 6.45) is 2.13. The minimum atomic E-state index is -0.624. The van der Waals surface area contributed by atoms with Crippen LogP contribution < -0.4 is 5.32 Å². The number of nitrogens with zero attached hydrogens (tertiary/aromatic N) is 2. The Hall–Kier alpha value is -3.35. The van der Waals surface area contributed by atoms with Crippen molar-refractivity contribution in [2.75, 3.05) is 7.11 Å². The average Bonchev–Trinajstić information content (AvgIpc) is 2.94. The lowest BCUT2D eigenvalue weighted by Crippen LogP contribution is -2.21. The van der Waals surface area contributed by atoms with Crippen LogP contribution in [-0.2, 0) is 16.1 Å². The molecule has 26 heavy (non-hydrogen) atoms. The number of hydrogen-bond acceptors (Lipinski definition) is 5. The normalized spacial score (nSPS) is 16.7. The maximum absolute atomic E-state index is 12.2. The van der Waals surface area contributed by atoms with E-state index in [0.717, 1.165) is 22.6 Å². The van der Waals surface area contributed by atoms with E-state index in [0.29, 0.717) is 6.54 Å². The number of benzene rings is 1. The van der Waals surface area contributed by atoms with Gasteiger partial charge in [-0.05, 0) is 29.8 Å². The molecule has 7 heteroatoms. The molecule has 4 rings (SSSR count). The van der Waals surface area contributed by atoms with E-state index in [9.17, 15) is 14.7 Å². The highest BCUT2D eigenvalue weighted by atomic mass is 16.5. The summed E-state index contributed by atoms with van der Waals surface area (Å²) < 4.78 is 6.70. The van der Waals surface area contributed by atoms with Crippen molar-refractivity contribution < 1.29 is 19.4 Å².